The quantitative estimate of drug-likeness (QED) is 0.305. The van der Waals surface area contributed by atoms with Gasteiger partial charge in [-0.05, 0) is 0 Å². The third-order valence-electron chi connectivity index (χ3n) is 0.578. The van der Waals surface area contributed by atoms with Crippen LogP contribution in [-0.4, -0.2) is 0 Å². The van der Waals surface area contributed by atoms with Gasteiger partial charge in [0.05, 0.1) is 12.3 Å². The fourth-order valence-corrected chi connectivity index (χ4v) is 0.786. The first kappa shape index (κ1) is 7.79. The average molecular weight is 115 g/mol. The Morgan fingerprint density at radius 2 is 2.50 bits per heavy atom. The summed E-state index contributed by atoms with van der Waals surface area (Å²) in [6.07, 6.45) is 0. The zero-order valence-electron chi connectivity index (χ0n) is 4.51. The molecule has 0 radical (unpaired) electrons. The number of hydrogen-bond acceptors (Lipinski definition) is 1. The molecule has 0 fully saturated rings. The molecule has 0 N–H and O–H groups in total. The second-order valence-electron chi connectivity index (χ2n) is 1.02. The normalized spacial score (nSPS) is 6.88. The number of rotatable bonds is 0. The molecule has 0 saturated carbocycles. The molecule has 1 aromatic rings. The Kier molecular flexibility index (Phi) is 3.65. The smallest absolute Gasteiger partial charge is 0.318 e. The summed E-state index contributed by atoms with van der Waals surface area (Å²) in [6, 6.07) is 1.75. The van der Waals surface area contributed by atoms with Crippen LogP contribution < -0.4 is 18.9 Å². The van der Waals surface area contributed by atoms with Crippen LogP contribution in [0.1, 0.15) is 0 Å². The van der Waals surface area contributed by atoms with Crippen LogP contribution in [0.25, 0.3) is 4.85 Å². The molecule has 0 amide bonds. The molecule has 0 saturated heterocycles. The first-order chi connectivity index (χ1) is 3.43. The summed E-state index contributed by atoms with van der Waals surface area (Å²) in [7, 11) is 0. The number of nitrogens with zero attached hydrogens (tertiary/aromatic N) is 1. The van der Waals surface area contributed by atoms with Crippen molar-refractivity contribution in [2.75, 3.05) is 0 Å². The van der Waals surface area contributed by atoms with Crippen LogP contribution in [-0.2, 0) is 0 Å². The van der Waals surface area contributed by atoms with Gasteiger partial charge in [-0.15, -0.1) is 5.38 Å². The summed E-state index contributed by atoms with van der Waals surface area (Å²) in [5, 5.41) is 4.61. The Hall–Kier alpha value is -0.213. The molecule has 0 unspecified atom stereocenters. The van der Waals surface area contributed by atoms with E-state index in [1.54, 1.807) is 6.07 Å². The molecule has 0 aliphatic rings. The predicted octanol–water partition coefficient (Wildman–Crippen LogP) is -0.897. The van der Waals surface area contributed by atoms with Crippen LogP contribution in [0.4, 0.5) is 5.69 Å². The van der Waals surface area contributed by atoms with E-state index >= 15 is 0 Å². The van der Waals surface area contributed by atoms with Gasteiger partial charge in [-0.1, -0.05) is 0 Å². The molecule has 1 nitrogen and oxygen atoms in total. The first-order valence-corrected chi connectivity index (χ1v) is 2.64. The summed E-state index contributed by atoms with van der Waals surface area (Å²) in [5.74, 6) is 0. The fourth-order valence-electron chi connectivity index (χ4n) is 0.287. The second kappa shape index (κ2) is 3.75. The van der Waals surface area contributed by atoms with Crippen LogP contribution in [0.2, 0.25) is 0 Å². The van der Waals surface area contributed by atoms with Gasteiger partial charge in [0, 0.05) is 0 Å². The van der Waals surface area contributed by atoms with Crippen LogP contribution in [0.5, 0.6) is 0 Å². The first-order valence-electron chi connectivity index (χ1n) is 1.76. The zero-order valence-corrected chi connectivity index (χ0v) is 5.33. The van der Waals surface area contributed by atoms with Crippen molar-refractivity contribution in [3.63, 3.8) is 0 Å². The van der Waals surface area contributed by atoms with Crippen molar-refractivity contribution in [1.82, 2.24) is 0 Å². The minimum absolute atomic E-state index is 0. The Morgan fingerprint density at radius 1 is 1.75 bits per heavy atom. The van der Waals surface area contributed by atoms with Crippen LogP contribution >= 0.6 is 11.3 Å². The van der Waals surface area contributed by atoms with Crippen molar-refractivity contribution in [1.29, 1.82) is 0 Å². The Labute approximate surface area is 64.3 Å². The van der Waals surface area contributed by atoms with E-state index in [1.807, 2.05) is 5.38 Å². The molecule has 0 aromatic carbocycles. The van der Waals surface area contributed by atoms with Gasteiger partial charge in [-0.25, -0.2) is 6.07 Å². The van der Waals surface area contributed by atoms with E-state index in [2.05, 4.69) is 10.2 Å². The van der Waals surface area contributed by atoms with Crippen molar-refractivity contribution in [3.05, 3.63) is 28.2 Å². The van der Waals surface area contributed by atoms with Gasteiger partial charge in [0.2, 0.25) is 0 Å². The maximum Gasteiger partial charge on any atom is 1.00 e. The van der Waals surface area contributed by atoms with Gasteiger partial charge < -0.3 is 11.3 Å². The molecule has 8 heavy (non-hydrogen) atoms. The van der Waals surface area contributed by atoms with E-state index in [-0.39, 0.29) is 18.9 Å². The minimum atomic E-state index is 0. The largest absolute Gasteiger partial charge is 1.00 e. The van der Waals surface area contributed by atoms with Crippen molar-refractivity contribution < 1.29 is 18.9 Å². The van der Waals surface area contributed by atoms with E-state index in [1.165, 1.54) is 11.3 Å². The van der Waals surface area contributed by atoms with Crippen LogP contribution in [0.3, 0.4) is 0 Å². The summed E-state index contributed by atoms with van der Waals surface area (Å²) in [6.45, 7) is 6.46. The number of hydrogen-bond donors (Lipinski definition) is 0. The van der Waals surface area contributed by atoms with E-state index in [0.717, 1.165) is 0 Å². The minimum Gasteiger partial charge on any atom is -0.318 e. The molecule has 0 aliphatic carbocycles. The summed E-state index contributed by atoms with van der Waals surface area (Å²) < 4.78 is 0. The topological polar surface area (TPSA) is 4.36 Å². The van der Waals surface area contributed by atoms with E-state index in [0.29, 0.717) is 5.69 Å². The molecule has 0 aliphatic heterocycles. The second-order valence-corrected chi connectivity index (χ2v) is 1.73. The molecule has 1 heterocycles. The Bertz CT molecular complexity index is 175. The van der Waals surface area contributed by atoms with E-state index < -0.39 is 0 Å². The van der Waals surface area contributed by atoms with Crippen molar-refractivity contribution in [2.24, 2.45) is 0 Å². The molecular weight excluding hydrogens is 113 g/mol. The summed E-state index contributed by atoms with van der Waals surface area (Å²) in [5.41, 5.74) is 0.616. The standard InChI is InChI=1S/C5H2NS.Li/c1-6-5-2-3-7-4-5;/h2-3H;/q-1;+1. The Balaban J connectivity index is 0.000000490. The third kappa shape index (κ3) is 1.72. The van der Waals surface area contributed by atoms with Gasteiger partial charge in [0.15, 0.2) is 0 Å². The Morgan fingerprint density at radius 3 is 2.75 bits per heavy atom. The SMILES string of the molecule is [C-]#[N+]c1[c-]scc1.[Li+]. The van der Waals surface area contributed by atoms with Crippen molar-refractivity contribution in [3.8, 4) is 0 Å². The van der Waals surface area contributed by atoms with E-state index in [4.69, 9.17) is 6.57 Å². The van der Waals surface area contributed by atoms with Crippen LogP contribution in [0.15, 0.2) is 11.4 Å². The van der Waals surface area contributed by atoms with Gasteiger partial charge >= 0.3 is 18.9 Å². The van der Waals surface area contributed by atoms with Gasteiger partial charge in [-0.2, -0.15) is 5.38 Å². The summed E-state index contributed by atoms with van der Waals surface area (Å²) in [4.78, 5) is 3.14. The number of thiophene rings is 1. The predicted molar refractivity (Wildman–Crippen MR) is 29.4 cm³/mol. The molecule has 0 atom stereocenters. The van der Waals surface area contributed by atoms with E-state index in [9.17, 15) is 0 Å². The molecule has 1 rings (SSSR count). The fraction of sp³-hybridized carbons (Fsp3) is 0. The maximum atomic E-state index is 6.46. The van der Waals surface area contributed by atoms with Gasteiger partial charge in [0.1, 0.15) is 0 Å². The van der Waals surface area contributed by atoms with Gasteiger partial charge in [-0.3, -0.25) is 4.85 Å². The molecule has 34 valence electrons. The summed E-state index contributed by atoms with van der Waals surface area (Å²) >= 11 is 1.43. The average Bonchev–Trinajstić information content (AvgIpc) is 2.14. The van der Waals surface area contributed by atoms with Gasteiger partial charge in [0.25, 0.3) is 0 Å². The molecule has 3 heteroatoms. The molecular formula is C5H2LiNS. The molecule has 0 bridgehead atoms. The van der Waals surface area contributed by atoms with Crippen molar-refractivity contribution in [2.45, 2.75) is 0 Å². The van der Waals surface area contributed by atoms with Crippen molar-refractivity contribution >= 4 is 17.0 Å². The molecule has 0 spiro atoms. The zero-order chi connectivity index (χ0) is 5.11. The molecule has 1 aromatic heterocycles. The monoisotopic (exact) mass is 115 g/mol. The maximum absolute atomic E-state index is 6.46. The third-order valence-corrected chi connectivity index (χ3v) is 1.18. The van der Waals surface area contributed by atoms with Crippen LogP contribution in [0, 0.1) is 12.0 Å².